The lowest BCUT2D eigenvalue weighted by atomic mass is 10.0. The van der Waals surface area contributed by atoms with Gasteiger partial charge in [-0.3, -0.25) is 9.59 Å². The standard InChI is InChI=1S/C19H22Cl2N2O2/c1-9-17(13(5)24)11(3)23-18(9)19(25)12(4)22-10(2)15-7-6-14(20)8-16(15)21/h6-8,10,12,22-23H,1-5H3/t10-,12-/m1/s1. The number of hydrogen-bond acceptors (Lipinski definition) is 3. The predicted octanol–water partition coefficient (Wildman–Crippen LogP) is 5.06. The van der Waals surface area contributed by atoms with Gasteiger partial charge in [0.1, 0.15) is 0 Å². The molecule has 1 aromatic carbocycles. The summed E-state index contributed by atoms with van der Waals surface area (Å²) in [4.78, 5) is 27.6. The van der Waals surface area contributed by atoms with Crippen molar-refractivity contribution in [1.82, 2.24) is 10.3 Å². The lowest BCUT2D eigenvalue weighted by Crippen LogP contribution is -2.36. The minimum Gasteiger partial charge on any atom is -0.355 e. The zero-order chi connectivity index (χ0) is 18.9. The van der Waals surface area contributed by atoms with Gasteiger partial charge in [0, 0.05) is 27.3 Å². The number of benzene rings is 1. The highest BCUT2D eigenvalue weighted by Gasteiger charge is 2.25. The summed E-state index contributed by atoms with van der Waals surface area (Å²) in [5, 5.41) is 4.38. The first-order chi connectivity index (χ1) is 11.6. The lowest BCUT2D eigenvalue weighted by molar-refractivity contribution is 0.0940. The first-order valence-corrected chi connectivity index (χ1v) is 8.84. The van der Waals surface area contributed by atoms with E-state index in [2.05, 4.69) is 10.3 Å². The molecule has 134 valence electrons. The Kier molecular flexibility index (Phi) is 6.09. The Balaban J connectivity index is 2.20. The molecule has 4 nitrogen and oxygen atoms in total. The fraction of sp³-hybridized carbons (Fsp3) is 0.368. The first kappa shape index (κ1) is 19.7. The summed E-state index contributed by atoms with van der Waals surface area (Å²) in [6.45, 7) is 8.83. The van der Waals surface area contributed by atoms with Crippen LogP contribution in [0.1, 0.15) is 64.5 Å². The van der Waals surface area contributed by atoms with Crippen LogP contribution in [0.5, 0.6) is 0 Å². The maximum absolute atomic E-state index is 12.8. The average molecular weight is 381 g/mol. The topological polar surface area (TPSA) is 62.0 Å². The van der Waals surface area contributed by atoms with Crippen molar-refractivity contribution in [2.45, 2.75) is 46.7 Å². The van der Waals surface area contributed by atoms with E-state index in [4.69, 9.17) is 23.2 Å². The van der Waals surface area contributed by atoms with Gasteiger partial charge in [-0.2, -0.15) is 0 Å². The largest absolute Gasteiger partial charge is 0.355 e. The smallest absolute Gasteiger partial charge is 0.195 e. The molecule has 0 fully saturated rings. The van der Waals surface area contributed by atoms with Crippen molar-refractivity contribution in [2.75, 3.05) is 0 Å². The number of halogens is 2. The molecule has 0 aliphatic heterocycles. The minimum absolute atomic E-state index is 0.0489. The number of carbonyl (C=O) groups excluding carboxylic acids is 2. The predicted molar refractivity (Wildman–Crippen MR) is 102 cm³/mol. The van der Waals surface area contributed by atoms with Crippen LogP contribution in [0, 0.1) is 13.8 Å². The van der Waals surface area contributed by atoms with Gasteiger partial charge in [-0.1, -0.05) is 29.3 Å². The molecular weight excluding hydrogens is 359 g/mol. The van der Waals surface area contributed by atoms with Gasteiger partial charge >= 0.3 is 0 Å². The number of aromatic nitrogens is 1. The fourth-order valence-corrected chi connectivity index (χ4v) is 3.71. The molecular formula is C19H22Cl2N2O2. The van der Waals surface area contributed by atoms with Crippen LogP contribution in [-0.2, 0) is 0 Å². The summed E-state index contributed by atoms with van der Waals surface area (Å²) < 4.78 is 0. The van der Waals surface area contributed by atoms with Crippen molar-refractivity contribution in [3.05, 3.63) is 56.3 Å². The van der Waals surface area contributed by atoms with Crippen molar-refractivity contribution in [1.29, 1.82) is 0 Å². The molecule has 0 saturated heterocycles. The molecule has 0 spiro atoms. The highest BCUT2D eigenvalue weighted by molar-refractivity contribution is 6.35. The van der Waals surface area contributed by atoms with Crippen LogP contribution in [0.3, 0.4) is 0 Å². The number of carbonyl (C=O) groups is 2. The Bertz CT molecular complexity index is 827. The third-order valence-electron chi connectivity index (χ3n) is 4.36. The maximum atomic E-state index is 12.8. The van der Waals surface area contributed by atoms with Gasteiger partial charge in [0.05, 0.1) is 11.7 Å². The van der Waals surface area contributed by atoms with E-state index in [1.54, 1.807) is 32.9 Å². The average Bonchev–Trinajstić information content (AvgIpc) is 2.80. The maximum Gasteiger partial charge on any atom is 0.195 e. The van der Waals surface area contributed by atoms with Gasteiger partial charge in [0.25, 0.3) is 0 Å². The van der Waals surface area contributed by atoms with Gasteiger partial charge in [-0.25, -0.2) is 0 Å². The molecule has 6 heteroatoms. The minimum atomic E-state index is -0.446. The van der Waals surface area contributed by atoms with E-state index in [0.29, 0.717) is 32.6 Å². The van der Waals surface area contributed by atoms with E-state index in [1.807, 2.05) is 13.0 Å². The molecule has 0 amide bonds. The molecule has 1 heterocycles. The molecule has 0 bridgehead atoms. The van der Waals surface area contributed by atoms with E-state index in [1.165, 1.54) is 6.92 Å². The molecule has 2 N–H and O–H groups in total. The van der Waals surface area contributed by atoms with Crippen molar-refractivity contribution < 1.29 is 9.59 Å². The molecule has 0 aliphatic rings. The van der Waals surface area contributed by atoms with E-state index in [-0.39, 0.29) is 17.6 Å². The summed E-state index contributed by atoms with van der Waals surface area (Å²) in [7, 11) is 0. The summed E-state index contributed by atoms with van der Waals surface area (Å²) in [6.07, 6.45) is 0. The van der Waals surface area contributed by atoms with Crippen molar-refractivity contribution >= 4 is 34.8 Å². The Morgan fingerprint density at radius 1 is 1.16 bits per heavy atom. The molecule has 25 heavy (non-hydrogen) atoms. The van der Waals surface area contributed by atoms with Crippen LogP contribution >= 0.6 is 23.2 Å². The number of aryl methyl sites for hydroxylation is 1. The molecule has 0 unspecified atom stereocenters. The number of H-pyrrole nitrogens is 1. The summed E-state index contributed by atoms with van der Waals surface area (Å²) in [5.74, 6) is -0.141. The summed E-state index contributed by atoms with van der Waals surface area (Å²) in [6, 6.07) is 4.72. The number of hydrogen-bond donors (Lipinski definition) is 2. The Hall–Kier alpha value is -1.62. The zero-order valence-corrected chi connectivity index (χ0v) is 16.5. The Morgan fingerprint density at radius 3 is 2.32 bits per heavy atom. The number of ketones is 2. The summed E-state index contributed by atoms with van der Waals surface area (Å²) in [5.41, 5.74) is 3.34. The molecule has 1 aromatic heterocycles. The van der Waals surface area contributed by atoms with Crippen LogP contribution in [0.2, 0.25) is 10.0 Å². The number of rotatable bonds is 6. The lowest BCUT2D eigenvalue weighted by Gasteiger charge is -2.20. The SMILES string of the molecule is CC(=O)c1c(C)[nH]c(C(=O)[C@@H](C)N[C@H](C)c2ccc(Cl)cc2Cl)c1C. The van der Waals surface area contributed by atoms with Crippen molar-refractivity contribution in [3.8, 4) is 0 Å². The molecule has 2 atom stereocenters. The van der Waals surface area contributed by atoms with Crippen molar-refractivity contribution in [2.24, 2.45) is 0 Å². The molecule has 2 rings (SSSR count). The third-order valence-corrected chi connectivity index (χ3v) is 4.92. The van der Waals surface area contributed by atoms with Crippen LogP contribution in [0.15, 0.2) is 18.2 Å². The van der Waals surface area contributed by atoms with Crippen LogP contribution in [-0.4, -0.2) is 22.6 Å². The van der Waals surface area contributed by atoms with Crippen LogP contribution in [0.4, 0.5) is 0 Å². The summed E-state index contributed by atoms with van der Waals surface area (Å²) >= 11 is 12.2. The highest BCUT2D eigenvalue weighted by atomic mass is 35.5. The number of aromatic amines is 1. The molecule has 2 aromatic rings. The molecule has 0 saturated carbocycles. The van der Waals surface area contributed by atoms with E-state index >= 15 is 0 Å². The van der Waals surface area contributed by atoms with Crippen LogP contribution in [0.25, 0.3) is 0 Å². The second-order valence-corrected chi connectivity index (χ2v) is 7.16. The van der Waals surface area contributed by atoms with Crippen molar-refractivity contribution in [3.63, 3.8) is 0 Å². The van der Waals surface area contributed by atoms with Gasteiger partial charge in [-0.15, -0.1) is 0 Å². The van der Waals surface area contributed by atoms with Gasteiger partial charge in [-0.05, 0) is 57.9 Å². The monoisotopic (exact) mass is 380 g/mol. The number of Topliss-reactive ketones (excluding diaryl/α,β-unsaturated/α-hetero) is 2. The van der Waals surface area contributed by atoms with Crippen LogP contribution < -0.4 is 5.32 Å². The molecule has 0 aliphatic carbocycles. The first-order valence-electron chi connectivity index (χ1n) is 8.08. The van der Waals surface area contributed by atoms with E-state index in [0.717, 1.165) is 5.56 Å². The number of nitrogens with one attached hydrogen (secondary N) is 2. The Labute approximate surface area is 157 Å². The van der Waals surface area contributed by atoms with Gasteiger partial charge in [0.2, 0.25) is 0 Å². The zero-order valence-electron chi connectivity index (χ0n) is 15.0. The second-order valence-electron chi connectivity index (χ2n) is 6.32. The normalized spacial score (nSPS) is 13.6. The van der Waals surface area contributed by atoms with Gasteiger partial charge in [0.15, 0.2) is 11.6 Å². The highest BCUT2D eigenvalue weighted by Crippen LogP contribution is 2.27. The van der Waals surface area contributed by atoms with E-state index < -0.39 is 6.04 Å². The van der Waals surface area contributed by atoms with E-state index in [9.17, 15) is 9.59 Å². The third kappa shape index (κ3) is 4.14. The van der Waals surface area contributed by atoms with Gasteiger partial charge < -0.3 is 10.3 Å². The second kappa shape index (κ2) is 7.73. The quantitative estimate of drug-likeness (QED) is 0.688. The Morgan fingerprint density at radius 2 is 1.80 bits per heavy atom. The fourth-order valence-electron chi connectivity index (χ4n) is 3.13. The molecule has 0 radical (unpaired) electrons.